The number of aryl methyl sites for hydroxylation is 1. The van der Waals surface area contributed by atoms with Crippen LogP contribution in [0, 0.1) is 17.8 Å². The maximum atomic E-state index is 13.4. The lowest BCUT2D eigenvalue weighted by atomic mass is 9.89. The molecule has 5 rings (SSSR count). The van der Waals surface area contributed by atoms with Gasteiger partial charge in [-0.15, -0.1) is 0 Å². The third kappa shape index (κ3) is 6.67. The van der Waals surface area contributed by atoms with Gasteiger partial charge in [-0.1, -0.05) is 67.4 Å². The number of anilines is 1. The van der Waals surface area contributed by atoms with Crippen LogP contribution in [0.15, 0.2) is 77.8 Å². The zero-order chi connectivity index (χ0) is 27.9. The van der Waals surface area contributed by atoms with Gasteiger partial charge < -0.3 is 11.1 Å². The first-order valence-electron chi connectivity index (χ1n) is 14.2. The number of rotatable bonds is 9. The van der Waals surface area contributed by atoms with Gasteiger partial charge in [0.15, 0.2) is 0 Å². The fourth-order valence-electron chi connectivity index (χ4n) is 5.55. The van der Waals surface area contributed by atoms with E-state index in [1.165, 1.54) is 31.5 Å². The molecule has 0 saturated carbocycles. The highest BCUT2D eigenvalue weighted by Gasteiger charge is 2.35. The Kier molecular flexibility index (Phi) is 8.73. The van der Waals surface area contributed by atoms with E-state index < -0.39 is 11.8 Å². The first-order valence-corrected chi connectivity index (χ1v) is 14.2. The van der Waals surface area contributed by atoms with Gasteiger partial charge in [0.1, 0.15) is 5.92 Å². The number of nitrogens with one attached hydrogen (secondary N) is 1. The van der Waals surface area contributed by atoms with Gasteiger partial charge in [0.2, 0.25) is 5.91 Å². The normalized spacial score (nSPS) is 17.6. The minimum Gasteiger partial charge on any atom is -0.359 e. The molecular formula is C34H36N4O2. The van der Waals surface area contributed by atoms with Crippen LogP contribution in [0.1, 0.15) is 60.8 Å². The minimum absolute atomic E-state index is 0.0702. The zero-order valence-electron chi connectivity index (χ0n) is 23.0. The summed E-state index contributed by atoms with van der Waals surface area (Å²) in [6.07, 6.45) is 5.01. The van der Waals surface area contributed by atoms with Crippen LogP contribution >= 0.6 is 0 Å². The third-order valence-electron chi connectivity index (χ3n) is 7.76. The summed E-state index contributed by atoms with van der Waals surface area (Å²) in [6.45, 7) is 5.35. The standard InChI is InChI=1S/C34H36N4O2/c1-2-24(15-19-31(35)39)10-11-25-14-18-29-30(22-25)37-34(40)32(29)33(27-8-4-3-5-9-27)36-28-16-12-26(13-17-28)23-38-20-6-7-21-38/h3-5,8-9,12-14,16-18,22,24,32H,2,6-7,10-11,20-21,23H2,1H3,(H2,35,39)(H,37,40). The molecule has 0 aliphatic carbocycles. The van der Waals surface area contributed by atoms with Crippen molar-refractivity contribution in [2.45, 2.75) is 51.5 Å². The van der Waals surface area contributed by atoms with Gasteiger partial charge >= 0.3 is 0 Å². The Morgan fingerprint density at radius 2 is 1.77 bits per heavy atom. The zero-order valence-corrected chi connectivity index (χ0v) is 23.0. The smallest absolute Gasteiger partial charge is 0.293 e. The molecule has 40 heavy (non-hydrogen) atoms. The summed E-state index contributed by atoms with van der Waals surface area (Å²) in [7, 11) is 0. The van der Waals surface area contributed by atoms with Gasteiger partial charge in [-0.3, -0.25) is 19.5 Å². The molecule has 2 amide bonds. The van der Waals surface area contributed by atoms with Gasteiger partial charge in [-0.25, -0.2) is 0 Å². The lowest BCUT2D eigenvalue weighted by Crippen LogP contribution is -2.22. The Balaban J connectivity index is 1.39. The number of amides is 2. The van der Waals surface area contributed by atoms with Crippen molar-refractivity contribution in [3.63, 3.8) is 0 Å². The van der Waals surface area contributed by atoms with Gasteiger partial charge in [-0.05, 0) is 91.6 Å². The molecule has 6 nitrogen and oxygen atoms in total. The van der Waals surface area contributed by atoms with Crippen LogP contribution in [0.4, 0.5) is 11.4 Å². The van der Waals surface area contributed by atoms with E-state index in [-0.39, 0.29) is 11.8 Å². The Morgan fingerprint density at radius 3 is 2.48 bits per heavy atom. The summed E-state index contributed by atoms with van der Waals surface area (Å²) >= 11 is 0. The molecule has 6 heteroatoms. The number of hydrogen-bond acceptors (Lipinski definition) is 4. The van der Waals surface area contributed by atoms with Crippen molar-refractivity contribution in [1.82, 2.24) is 4.90 Å². The Hall–Kier alpha value is -4.21. The molecule has 3 N–H and O–H groups in total. The Morgan fingerprint density at radius 1 is 1.05 bits per heavy atom. The number of hydrogen-bond donors (Lipinski definition) is 2. The molecule has 0 bridgehead atoms. The molecule has 2 atom stereocenters. The SMILES string of the molecule is CCC(C#CC(N)=O)CCc1ccc2c(c1)NC(=O)C2C(=Nc1ccc(CN2CCCC2)cc1)c1ccccc1. The molecule has 1 fully saturated rings. The largest absolute Gasteiger partial charge is 0.359 e. The van der Waals surface area contributed by atoms with E-state index in [1.54, 1.807) is 0 Å². The molecule has 1 saturated heterocycles. The molecule has 204 valence electrons. The number of likely N-dealkylation sites (tertiary alicyclic amines) is 1. The van der Waals surface area contributed by atoms with Crippen LogP contribution in [0.5, 0.6) is 0 Å². The van der Waals surface area contributed by atoms with Gasteiger partial charge in [0.05, 0.1) is 11.4 Å². The molecule has 2 aliphatic heterocycles. The maximum Gasteiger partial charge on any atom is 0.293 e. The van der Waals surface area contributed by atoms with E-state index in [0.29, 0.717) is 0 Å². The van der Waals surface area contributed by atoms with E-state index in [0.717, 1.165) is 59.6 Å². The lowest BCUT2D eigenvalue weighted by molar-refractivity contribution is -0.115. The quantitative estimate of drug-likeness (QED) is 0.278. The van der Waals surface area contributed by atoms with Crippen molar-refractivity contribution in [2.24, 2.45) is 16.6 Å². The second kappa shape index (κ2) is 12.8. The first kappa shape index (κ1) is 27.4. The summed E-state index contributed by atoms with van der Waals surface area (Å²) < 4.78 is 0. The fraction of sp³-hybridized carbons (Fsp3) is 0.324. The molecule has 0 aromatic heterocycles. The van der Waals surface area contributed by atoms with E-state index in [1.807, 2.05) is 36.4 Å². The highest BCUT2D eigenvalue weighted by atomic mass is 16.2. The van der Waals surface area contributed by atoms with Crippen molar-refractivity contribution in [2.75, 3.05) is 18.4 Å². The maximum absolute atomic E-state index is 13.4. The topological polar surface area (TPSA) is 87.8 Å². The number of nitrogens with two attached hydrogens (primary N) is 1. The summed E-state index contributed by atoms with van der Waals surface area (Å²) in [6, 6.07) is 24.5. The monoisotopic (exact) mass is 532 g/mol. The number of primary amides is 1. The second-order valence-corrected chi connectivity index (χ2v) is 10.6. The number of benzene rings is 3. The Labute approximate surface area is 236 Å². The molecule has 2 aliphatic rings. The number of aliphatic imine (C=N–C) groups is 1. The predicted octanol–water partition coefficient (Wildman–Crippen LogP) is 5.59. The van der Waals surface area contributed by atoms with Crippen molar-refractivity contribution >= 4 is 28.9 Å². The van der Waals surface area contributed by atoms with Crippen LogP contribution in [0.2, 0.25) is 0 Å². The van der Waals surface area contributed by atoms with Gasteiger partial charge in [-0.2, -0.15) is 0 Å². The summed E-state index contributed by atoms with van der Waals surface area (Å²) in [4.78, 5) is 32.0. The highest BCUT2D eigenvalue weighted by Crippen LogP contribution is 2.37. The molecule has 0 spiro atoms. The molecular weight excluding hydrogens is 496 g/mol. The highest BCUT2D eigenvalue weighted by molar-refractivity contribution is 6.24. The van der Waals surface area contributed by atoms with Gasteiger partial charge in [0, 0.05) is 18.2 Å². The molecule has 2 heterocycles. The summed E-state index contributed by atoms with van der Waals surface area (Å²) in [5.41, 5.74) is 11.8. The lowest BCUT2D eigenvalue weighted by Gasteiger charge is -2.16. The first-order chi connectivity index (χ1) is 19.5. The number of carbonyl (C=O) groups excluding carboxylic acids is 2. The van der Waals surface area contributed by atoms with Crippen molar-refractivity contribution in [3.05, 3.63) is 95.1 Å². The average molecular weight is 533 g/mol. The number of carbonyl (C=O) groups is 2. The third-order valence-corrected chi connectivity index (χ3v) is 7.76. The molecule has 0 radical (unpaired) electrons. The summed E-state index contributed by atoms with van der Waals surface area (Å²) in [5, 5.41) is 3.10. The molecule has 2 unspecified atom stereocenters. The molecule has 3 aromatic rings. The van der Waals surface area contributed by atoms with Crippen LogP contribution in [-0.2, 0) is 22.6 Å². The van der Waals surface area contributed by atoms with E-state index in [4.69, 9.17) is 10.7 Å². The van der Waals surface area contributed by atoms with Crippen LogP contribution in [0.25, 0.3) is 0 Å². The van der Waals surface area contributed by atoms with Crippen molar-refractivity contribution in [1.29, 1.82) is 0 Å². The van der Waals surface area contributed by atoms with E-state index >= 15 is 0 Å². The number of nitrogens with zero attached hydrogens (tertiary/aromatic N) is 2. The van der Waals surface area contributed by atoms with Crippen LogP contribution in [0.3, 0.4) is 0 Å². The van der Waals surface area contributed by atoms with E-state index in [2.05, 4.69) is 65.4 Å². The molecule has 3 aromatic carbocycles. The van der Waals surface area contributed by atoms with E-state index in [9.17, 15) is 9.59 Å². The van der Waals surface area contributed by atoms with Crippen molar-refractivity contribution < 1.29 is 9.59 Å². The number of fused-ring (bicyclic) bond motifs is 1. The fourth-order valence-corrected chi connectivity index (χ4v) is 5.55. The Bertz CT molecular complexity index is 1440. The second-order valence-electron chi connectivity index (χ2n) is 10.6. The van der Waals surface area contributed by atoms with Crippen LogP contribution < -0.4 is 11.1 Å². The van der Waals surface area contributed by atoms with Crippen molar-refractivity contribution in [3.8, 4) is 11.8 Å². The minimum atomic E-state index is -0.598. The average Bonchev–Trinajstić information content (AvgIpc) is 3.59. The van der Waals surface area contributed by atoms with Gasteiger partial charge in [0.25, 0.3) is 5.91 Å². The van der Waals surface area contributed by atoms with Crippen LogP contribution in [-0.4, -0.2) is 35.5 Å². The predicted molar refractivity (Wildman–Crippen MR) is 160 cm³/mol. The summed E-state index contributed by atoms with van der Waals surface area (Å²) in [5.74, 6) is 4.37.